The molecule has 0 bridgehead atoms. The Morgan fingerprint density at radius 3 is 3.00 bits per heavy atom. The van der Waals surface area contributed by atoms with Crippen LogP contribution in [-0.2, 0) is 6.54 Å². The first kappa shape index (κ1) is 11.7. The van der Waals surface area contributed by atoms with Gasteiger partial charge in [0.15, 0.2) is 0 Å². The minimum atomic E-state index is -0.228. The van der Waals surface area contributed by atoms with Gasteiger partial charge in [-0.05, 0) is 42.3 Å². The number of nitrogens with one attached hydrogen (secondary N) is 1. The summed E-state index contributed by atoms with van der Waals surface area (Å²) in [6.07, 6.45) is 5.50. The lowest BCUT2D eigenvalue weighted by Gasteiger charge is -2.05. The van der Waals surface area contributed by atoms with E-state index < -0.39 is 0 Å². The second-order valence-corrected chi connectivity index (χ2v) is 5.31. The number of benzene rings is 1. The molecular weight excluding hydrogens is 251 g/mol. The molecule has 0 aliphatic heterocycles. The molecule has 1 heterocycles. The lowest BCUT2D eigenvalue weighted by atomic mass is 10.2. The normalized spacial score (nSPS) is 14.9. The zero-order valence-corrected chi connectivity index (χ0v) is 10.5. The van der Waals surface area contributed by atoms with Gasteiger partial charge in [0.2, 0.25) is 0 Å². The van der Waals surface area contributed by atoms with E-state index >= 15 is 0 Å². The molecule has 1 aromatic heterocycles. The highest BCUT2D eigenvalue weighted by molar-refractivity contribution is 7.99. The van der Waals surface area contributed by atoms with Gasteiger partial charge in [-0.1, -0.05) is 6.07 Å². The van der Waals surface area contributed by atoms with Gasteiger partial charge in [0.05, 0.1) is 11.1 Å². The molecule has 94 valence electrons. The zero-order chi connectivity index (χ0) is 12.4. The summed E-state index contributed by atoms with van der Waals surface area (Å²) >= 11 is 1.19. The minimum absolute atomic E-state index is 0.228. The predicted octanol–water partition coefficient (Wildman–Crippen LogP) is 3.22. The highest BCUT2D eigenvalue weighted by Crippen LogP contribution is 2.29. The van der Waals surface area contributed by atoms with Crippen LogP contribution in [0.4, 0.5) is 4.39 Å². The molecule has 18 heavy (non-hydrogen) atoms. The fraction of sp³-hybridized carbons (Fsp3) is 0.308. The Bertz CT molecular complexity index is 526. The van der Waals surface area contributed by atoms with E-state index in [2.05, 4.69) is 10.3 Å². The van der Waals surface area contributed by atoms with Gasteiger partial charge in [0.1, 0.15) is 12.1 Å². The smallest absolute Gasteiger partial charge is 0.260 e. The second-order valence-electron chi connectivity index (χ2n) is 4.32. The lowest BCUT2D eigenvalue weighted by molar-refractivity contribution is 0.453. The molecule has 1 aliphatic carbocycles. The van der Waals surface area contributed by atoms with Crippen LogP contribution in [0.5, 0.6) is 0 Å². The van der Waals surface area contributed by atoms with Crippen LogP contribution in [0.15, 0.2) is 45.2 Å². The maximum absolute atomic E-state index is 13.9. The van der Waals surface area contributed by atoms with Crippen molar-refractivity contribution >= 4 is 11.8 Å². The summed E-state index contributed by atoms with van der Waals surface area (Å²) in [6, 6.07) is 5.91. The van der Waals surface area contributed by atoms with Crippen LogP contribution in [-0.4, -0.2) is 11.0 Å². The molecule has 1 saturated carbocycles. The first-order valence-electron chi connectivity index (χ1n) is 5.90. The van der Waals surface area contributed by atoms with E-state index in [9.17, 15) is 4.39 Å². The average molecular weight is 264 g/mol. The molecule has 1 aromatic carbocycles. The fourth-order valence-electron chi connectivity index (χ4n) is 1.64. The Morgan fingerprint density at radius 1 is 1.44 bits per heavy atom. The molecule has 3 nitrogen and oxygen atoms in total. The van der Waals surface area contributed by atoms with Crippen molar-refractivity contribution in [3.63, 3.8) is 0 Å². The maximum atomic E-state index is 13.9. The summed E-state index contributed by atoms with van der Waals surface area (Å²) in [5.41, 5.74) is 0.969. The van der Waals surface area contributed by atoms with Crippen LogP contribution < -0.4 is 5.32 Å². The van der Waals surface area contributed by atoms with Crippen LogP contribution >= 0.6 is 11.8 Å². The maximum Gasteiger partial charge on any atom is 0.260 e. The second kappa shape index (κ2) is 5.12. The van der Waals surface area contributed by atoms with Gasteiger partial charge in [-0.2, -0.15) is 0 Å². The van der Waals surface area contributed by atoms with Crippen LogP contribution in [0.3, 0.4) is 0 Å². The molecular formula is C13H13FN2OS. The van der Waals surface area contributed by atoms with Crippen molar-refractivity contribution in [3.05, 3.63) is 42.0 Å². The van der Waals surface area contributed by atoms with Crippen LogP contribution in [0, 0.1) is 5.82 Å². The SMILES string of the molecule is Fc1cc(CNC2CC2)ccc1Sc1ncco1. The first-order valence-corrected chi connectivity index (χ1v) is 6.72. The number of hydrogen-bond acceptors (Lipinski definition) is 4. The van der Waals surface area contributed by atoms with E-state index in [4.69, 9.17) is 4.42 Å². The number of oxazole rings is 1. The summed E-state index contributed by atoms with van der Waals surface area (Å²) in [4.78, 5) is 4.49. The quantitative estimate of drug-likeness (QED) is 0.900. The summed E-state index contributed by atoms with van der Waals surface area (Å²) in [6.45, 7) is 0.728. The predicted molar refractivity (Wildman–Crippen MR) is 66.9 cm³/mol. The molecule has 2 aromatic rings. The standard InChI is InChI=1S/C13H13FN2OS/c14-11-7-9(8-16-10-2-3-10)1-4-12(11)18-13-15-5-6-17-13/h1,4-7,10,16H,2-3,8H2. The highest BCUT2D eigenvalue weighted by Gasteiger charge is 2.20. The Labute approximate surface area is 109 Å². The van der Waals surface area contributed by atoms with E-state index in [1.165, 1.54) is 30.9 Å². The van der Waals surface area contributed by atoms with Crippen molar-refractivity contribution in [3.8, 4) is 0 Å². The van der Waals surface area contributed by atoms with E-state index in [1.807, 2.05) is 6.07 Å². The van der Waals surface area contributed by atoms with Gasteiger partial charge in [0.25, 0.3) is 5.22 Å². The molecule has 0 radical (unpaired) electrons. The molecule has 5 heteroatoms. The van der Waals surface area contributed by atoms with Crippen molar-refractivity contribution in [1.82, 2.24) is 10.3 Å². The number of rotatable bonds is 5. The molecule has 0 unspecified atom stereocenters. The molecule has 1 aliphatic rings. The summed E-state index contributed by atoms with van der Waals surface area (Å²) < 4.78 is 18.9. The topological polar surface area (TPSA) is 38.1 Å². The van der Waals surface area contributed by atoms with Gasteiger partial charge >= 0.3 is 0 Å². The first-order chi connectivity index (χ1) is 8.81. The molecule has 3 rings (SSSR count). The van der Waals surface area contributed by atoms with Crippen LogP contribution in [0.1, 0.15) is 18.4 Å². The Morgan fingerprint density at radius 2 is 2.33 bits per heavy atom. The van der Waals surface area contributed by atoms with Crippen LogP contribution in [0.25, 0.3) is 0 Å². The molecule has 1 N–H and O–H groups in total. The van der Waals surface area contributed by atoms with Crippen molar-refractivity contribution in [2.45, 2.75) is 35.5 Å². The third-order valence-electron chi connectivity index (χ3n) is 2.78. The largest absolute Gasteiger partial charge is 0.440 e. The fourth-order valence-corrected chi connectivity index (χ4v) is 2.34. The molecule has 0 saturated heterocycles. The average Bonchev–Trinajstić information content (AvgIpc) is 3.06. The van der Waals surface area contributed by atoms with E-state index in [0.29, 0.717) is 16.2 Å². The monoisotopic (exact) mass is 264 g/mol. The third-order valence-corrected chi connectivity index (χ3v) is 3.70. The van der Waals surface area contributed by atoms with Crippen molar-refractivity contribution in [2.24, 2.45) is 0 Å². The molecule has 0 spiro atoms. The lowest BCUT2D eigenvalue weighted by Crippen LogP contribution is -2.15. The van der Waals surface area contributed by atoms with Gasteiger partial charge in [-0.15, -0.1) is 0 Å². The van der Waals surface area contributed by atoms with Crippen molar-refractivity contribution in [1.29, 1.82) is 0 Å². The van der Waals surface area contributed by atoms with Crippen molar-refractivity contribution in [2.75, 3.05) is 0 Å². The van der Waals surface area contributed by atoms with Gasteiger partial charge in [0, 0.05) is 12.6 Å². The Hall–Kier alpha value is -1.33. The number of aromatic nitrogens is 1. The Balaban J connectivity index is 1.67. The summed E-state index contributed by atoms with van der Waals surface area (Å²) in [7, 11) is 0. The zero-order valence-electron chi connectivity index (χ0n) is 9.73. The highest BCUT2D eigenvalue weighted by atomic mass is 32.2. The molecule has 0 amide bonds. The minimum Gasteiger partial charge on any atom is -0.440 e. The van der Waals surface area contributed by atoms with E-state index in [0.717, 1.165) is 12.1 Å². The number of halogens is 1. The van der Waals surface area contributed by atoms with E-state index in [-0.39, 0.29) is 5.82 Å². The van der Waals surface area contributed by atoms with Gasteiger partial charge in [-0.3, -0.25) is 0 Å². The summed E-state index contributed by atoms with van der Waals surface area (Å²) in [5, 5.41) is 3.82. The van der Waals surface area contributed by atoms with Gasteiger partial charge in [-0.25, -0.2) is 9.37 Å². The molecule has 1 fully saturated rings. The number of hydrogen-bond donors (Lipinski definition) is 1. The number of nitrogens with zero attached hydrogens (tertiary/aromatic N) is 1. The Kier molecular flexibility index (Phi) is 3.34. The van der Waals surface area contributed by atoms with Crippen LogP contribution in [0.2, 0.25) is 0 Å². The van der Waals surface area contributed by atoms with E-state index in [1.54, 1.807) is 18.3 Å². The third kappa shape index (κ3) is 2.91. The summed E-state index contributed by atoms with van der Waals surface area (Å²) in [5.74, 6) is -0.228. The van der Waals surface area contributed by atoms with Gasteiger partial charge < -0.3 is 9.73 Å². The van der Waals surface area contributed by atoms with Crippen molar-refractivity contribution < 1.29 is 8.81 Å². The molecule has 0 atom stereocenters.